The first-order valence-corrected chi connectivity index (χ1v) is 6.09. The minimum atomic E-state index is -0.259. The Bertz CT molecular complexity index is 315. The van der Waals surface area contributed by atoms with Crippen molar-refractivity contribution in [1.82, 2.24) is 0 Å². The first-order valence-electron chi connectivity index (χ1n) is 4.48. The fourth-order valence-corrected chi connectivity index (χ4v) is 2.47. The van der Waals surface area contributed by atoms with Gasteiger partial charge in [-0.2, -0.15) is 0 Å². The van der Waals surface area contributed by atoms with Crippen molar-refractivity contribution in [2.24, 2.45) is 4.99 Å². The van der Waals surface area contributed by atoms with Crippen LogP contribution >= 0.6 is 27.3 Å². The molecule has 1 rings (SSSR count). The van der Waals surface area contributed by atoms with E-state index >= 15 is 0 Å². The minimum absolute atomic E-state index is 0.259. The Kier molecular flexibility index (Phi) is 5.45. The highest BCUT2D eigenvalue weighted by atomic mass is 79.9. The molecule has 0 radical (unpaired) electrons. The van der Waals surface area contributed by atoms with Crippen molar-refractivity contribution in [2.75, 3.05) is 20.8 Å². The van der Waals surface area contributed by atoms with Crippen molar-refractivity contribution < 1.29 is 9.47 Å². The van der Waals surface area contributed by atoms with Crippen molar-refractivity contribution >= 4 is 33.5 Å². The zero-order chi connectivity index (χ0) is 11.3. The van der Waals surface area contributed by atoms with Crippen LogP contribution in [0.2, 0.25) is 0 Å². The van der Waals surface area contributed by atoms with Gasteiger partial charge in [0.05, 0.1) is 6.54 Å². The molecule has 0 saturated carbocycles. The molecule has 0 atom stereocenters. The van der Waals surface area contributed by atoms with Gasteiger partial charge in [-0.3, -0.25) is 4.99 Å². The van der Waals surface area contributed by atoms with Gasteiger partial charge in [0, 0.05) is 34.7 Å². The molecule has 0 fully saturated rings. The summed E-state index contributed by atoms with van der Waals surface area (Å²) in [7, 11) is 3.21. The van der Waals surface area contributed by atoms with Gasteiger partial charge < -0.3 is 9.47 Å². The largest absolute Gasteiger partial charge is 0.354 e. The van der Waals surface area contributed by atoms with Crippen LogP contribution in [-0.2, 0) is 9.47 Å². The van der Waals surface area contributed by atoms with Gasteiger partial charge in [0.25, 0.3) is 0 Å². The topological polar surface area (TPSA) is 30.8 Å². The van der Waals surface area contributed by atoms with E-state index in [1.807, 2.05) is 6.21 Å². The first kappa shape index (κ1) is 12.8. The molecule has 0 aliphatic rings. The highest BCUT2D eigenvalue weighted by Gasteiger charge is 2.03. The van der Waals surface area contributed by atoms with Gasteiger partial charge in [0.2, 0.25) is 0 Å². The minimum Gasteiger partial charge on any atom is -0.354 e. The van der Waals surface area contributed by atoms with Crippen molar-refractivity contribution in [1.29, 1.82) is 0 Å². The molecule has 3 nitrogen and oxygen atoms in total. The van der Waals surface area contributed by atoms with E-state index in [1.165, 1.54) is 4.88 Å². The number of aryl methyl sites for hydroxylation is 1. The molecular weight excluding hydrogens is 278 g/mol. The fourth-order valence-electron chi connectivity index (χ4n) is 1.02. The smallest absolute Gasteiger partial charge is 0.176 e. The summed E-state index contributed by atoms with van der Waals surface area (Å²) in [5.41, 5.74) is 0. The van der Waals surface area contributed by atoms with Gasteiger partial charge in [0.15, 0.2) is 6.29 Å². The lowest BCUT2D eigenvalue weighted by molar-refractivity contribution is -0.0936. The molecule has 1 heterocycles. The van der Waals surface area contributed by atoms with Crippen molar-refractivity contribution in [3.05, 3.63) is 20.3 Å². The number of hydrogen-bond acceptors (Lipinski definition) is 4. The summed E-state index contributed by atoms with van der Waals surface area (Å²) in [6, 6.07) is 2.05. The van der Waals surface area contributed by atoms with Gasteiger partial charge >= 0.3 is 0 Å². The summed E-state index contributed by atoms with van der Waals surface area (Å²) >= 11 is 5.17. The average molecular weight is 292 g/mol. The molecule has 5 heteroatoms. The second-order valence-electron chi connectivity index (χ2n) is 2.95. The van der Waals surface area contributed by atoms with E-state index in [0.29, 0.717) is 6.54 Å². The third-order valence-corrected chi connectivity index (χ3v) is 3.95. The maximum absolute atomic E-state index is 5.02. The summed E-state index contributed by atoms with van der Waals surface area (Å²) in [6.45, 7) is 2.58. The molecule has 1 aromatic heterocycles. The van der Waals surface area contributed by atoms with Crippen LogP contribution in [-0.4, -0.2) is 33.3 Å². The molecule has 0 aliphatic carbocycles. The lowest BCUT2D eigenvalue weighted by Crippen LogP contribution is -2.16. The number of methoxy groups -OCH3 is 2. The maximum atomic E-state index is 5.02. The lowest BCUT2D eigenvalue weighted by Gasteiger charge is -2.08. The normalized spacial score (nSPS) is 11.8. The SMILES string of the molecule is COC(CN=Cc1cc(Br)c(C)s1)OC. The third-order valence-electron chi connectivity index (χ3n) is 1.88. The maximum Gasteiger partial charge on any atom is 0.176 e. The Morgan fingerprint density at radius 3 is 2.67 bits per heavy atom. The summed E-state index contributed by atoms with van der Waals surface area (Å²) in [6.07, 6.45) is 1.58. The van der Waals surface area contributed by atoms with Crippen LogP contribution in [0.15, 0.2) is 15.5 Å². The zero-order valence-corrected chi connectivity index (χ0v) is 11.4. The number of thiophene rings is 1. The Morgan fingerprint density at radius 2 is 2.20 bits per heavy atom. The Hall–Kier alpha value is -0.230. The van der Waals surface area contributed by atoms with Gasteiger partial charge in [-0.05, 0) is 28.9 Å². The molecule has 0 N–H and O–H groups in total. The molecule has 84 valence electrons. The predicted octanol–water partition coefficient (Wildman–Crippen LogP) is 2.86. The van der Waals surface area contributed by atoms with E-state index in [4.69, 9.17) is 9.47 Å². The number of halogens is 1. The van der Waals surface area contributed by atoms with Gasteiger partial charge in [-0.25, -0.2) is 0 Å². The molecule has 0 aromatic carbocycles. The van der Waals surface area contributed by atoms with E-state index < -0.39 is 0 Å². The highest BCUT2D eigenvalue weighted by molar-refractivity contribution is 9.10. The van der Waals surface area contributed by atoms with E-state index in [0.717, 1.165) is 9.35 Å². The molecule has 0 aliphatic heterocycles. The predicted molar refractivity (Wildman–Crippen MR) is 67.0 cm³/mol. The number of aliphatic imine (C=N–C) groups is 1. The number of nitrogens with zero attached hydrogens (tertiary/aromatic N) is 1. The number of ether oxygens (including phenoxy) is 2. The van der Waals surface area contributed by atoms with E-state index in [-0.39, 0.29) is 6.29 Å². The van der Waals surface area contributed by atoms with Crippen LogP contribution in [0.4, 0.5) is 0 Å². The van der Waals surface area contributed by atoms with Crippen LogP contribution in [0.3, 0.4) is 0 Å². The Morgan fingerprint density at radius 1 is 1.53 bits per heavy atom. The summed E-state index contributed by atoms with van der Waals surface area (Å²) in [5, 5.41) is 0. The summed E-state index contributed by atoms with van der Waals surface area (Å²) in [5.74, 6) is 0. The second-order valence-corrected chi connectivity index (χ2v) is 5.09. The van der Waals surface area contributed by atoms with Gasteiger partial charge in [-0.15, -0.1) is 11.3 Å². The third kappa shape index (κ3) is 4.03. The zero-order valence-electron chi connectivity index (χ0n) is 8.99. The number of hydrogen-bond donors (Lipinski definition) is 0. The molecule has 1 aromatic rings. The lowest BCUT2D eigenvalue weighted by atomic mass is 10.4. The van der Waals surface area contributed by atoms with E-state index in [9.17, 15) is 0 Å². The molecule has 0 saturated heterocycles. The van der Waals surface area contributed by atoms with Crippen LogP contribution in [0.5, 0.6) is 0 Å². The van der Waals surface area contributed by atoms with Crippen LogP contribution < -0.4 is 0 Å². The van der Waals surface area contributed by atoms with Crippen LogP contribution in [0.25, 0.3) is 0 Å². The molecule has 0 amide bonds. The van der Waals surface area contributed by atoms with Crippen molar-refractivity contribution in [3.63, 3.8) is 0 Å². The van der Waals surface area contributed by atoms with Gasteiger partial charge in [0.1, 0.15) is 0 Å². The van der Waals surface area contributed by atoms with Crippen LogP contribution in [0, 0.1) is 6.92 Å². The molecule has 0 spiro atoms. The highest BCUT2D eigenvalue weighted by Crippen LogP contribution is 2.24. The van der Waals surface area contributed by atoms with E-state index in [1.54, 1.807) is 25.6 Å². The van der Waals surface area contributed by atoms with Crippen molar-refractivity contribution in [2.45, 2.75) is 13.2 Å². The standard InChI is InChI=1S/C10H14BrNO2S/c1-7-9(11)4-8(15-7)5-12-6-10(13-2)14-3/h4-5,10H,6H2,1-3H3. The average Bonchev–Trinajstić information content (AvgIpc) is 2.53. The summed E-state index contributed by atoms with van der Waals surface area (Å²) < 4.78 is 11.2. The Balaban J connectivity index is 2.50. The summed E-state index contributed by atoms with van der Waals surface area (Å²) in [4.78, 5) is 6.64. The molecule has 0 unspecified atom stereocenters. The fraction of sp³-hybridized carbons (Fsp3) is 0.500. The molecular formula is C10H14BrNO2S. The van der Waals surface area contributed by atoms with Gasteiger partial charge in [-0.1, -0.05) is 0 Å². The monoisotopic (exact) mass is 291 g/mol. The quantitative estimate of drug-likeness (QED) is 0.617. The first-order chi connectivity index (χ1) is 7.17. The Labute approximate surface area is 102 Å². The second kappa shape index (κ2) is 6.37. The van der Waals surface area contributed by atoms with E-state index in [2.05, 4.69) is 33.9 Å². The molecule has 0 bridgehead atoms. The van der Waals surface area contributed by atoms with Crippen molar-refractivity contribution in [3.8, 4) is 0 Å². The van der Waals surface area contributed by atoms with Crippen LogP contribution in [0.1, 0.15) is 9.75 Å². The molecule has 15 heavy (non-hydrogen) atoms. The number of rotatable bonds is 5.